The summed E-state index contributed by atoms with van der Waals surface area (Å²) in [5.41, 5.74) is 2.92. The Morgan fingerprint density at radius 3 is 2.58 bits per heavy atom. The molecule has 1 aliphatic heterocycles. The predicted octanol–water partition coefficient (Wildman–Crippen LogP) is 3.12. The number of methoxy groups -OCH3 is 1. The van der Waals surface area contributed by atoms with Crippen LogP contribution in [0.4, 0.5) is 5.69 Å². The Morgan fingerprint density at radius 2 is 1.87 bits per heavy atom. The van der Waals surface area contributed by atoms with Gasteiger partial charge in [0, 0.05) is 36.8 Å². The lowest BCUT2D eigenvalue weighted by Crippen LogP contribution is -2.35. The number of rotatable bonds is 6. The molecule has 0 aliphatic carbocycles. The van der Waals surface area contributed by atoms with Gasteiger partial charge in [0.25, 0.3) is 0 Å². The van der Waals surface area contributed by atoms with Crippen LogP contribution in [0.5, 0.6) is 5.75 Å². The molecule has 0 spiro atoms. The standard InChI is InChI=1S/C24H26N2O5/c1-16-20-8-7-19(29-2)13-22(20)31-24(28)21(16)14-23(27)25-18-5-3-17(4-6-18)15-26-9-11-30-12-10-26/h3-8,13H,9-12,14-15H2,1-2H3,(H,25,27). The minimum absolute atomic E-state index is 0.0499. The van der Waals surface area contributed by atoms with Crippen molar-refractivity contribution in [2.24, 2.45) is 0 Å². The van der Waals surface area contributed by atoms with Gasteiger partial charge in [-0.2, -0.15) is 0 Å². The van der Waals surface area contributed by atoms with Crippen LogP contribution in [0.25, 0.3) is 11.0 Å². The molecule has 0 atom stereocenters. The van der Waals surface area contributed by atoms with Gasteiger partial charge >= 0.3 is 5.63 Å². The first-order valence-electron chi connectivity index (χ1n) is 10.3. The van der Waals surface area contributed by atoms with Gasteiger partial charge in [-0.1, -0.05) is 12.1 Å². The Labute approximate surface area is 180 Å². The second kappa shape index (κ2) is 9.32. The fourth-order valence-corrected chi connectivity index (χ4v) is 3.78. The summed E-state index contributed by atoms with van der Waals surface area (Å²) in [6, 6.07) is 13.1. The van der Waals surface area contributed by atoms with Crippen molar-refractivity contribution in [3.8, 4) is 5.75 Å². The molecule has 2 heterocycles. The second-order valence-electron chi connectivity index (χ2n) is 7.67. The molecule has 1 aromatic heterocycles. The maximum absolute atomic E-state index is 12.6. The van der Waals surface area contributed by atoms with Crippen LogP contribution in [0.2, 0.25) is 0 Å². The Balaban J connectivity index is 1.43. The molecule has 3 aromatic rings. The highest BCUT2D eigenvalue weighted by Gasteiger charge is 2.16. The van der Waals surface area contributed by atoms with Crippen LogP contribution in [0, 0.1) is 6.92 Å². The number of aryl methyl sites for hydroxylation is 1. The molecule has 162 valence electrons. The summed E-state index contributed by atoms with van der Waals surface area (Å²) in [6.07, 6.45) is -0.0499. The van der Waals surface area contributed by atoms with Crippen LogP contribution in [-0.4, -0.2) is 44.2 Å². The van der Waals surface area contributed by atoms with Crippen molar-refractivity contribution in [2.75, 3.05) is 38.7 Å². The highest BCUT2D eigenvalue weighted by atomic mass is 16.5. The van der Waals surface area contributed by atoms with Crippen LogP contribution in [0.1, 0.15) is 16.7 Å². The van der Waals surface area contributed by atoms with Crippen molar-refractivity contribution in [1.82, 2.24) is 4.90 Å². The Kier molecular flexibility index (Phi) is 6.34. The second-order valence-corrected chi connectivity index (χ2v) is 7.67. The van der Waals surface area contributed by atoms with Gasteiger partial charge in [0.05, 0.1) is 32.3 Å². The molecule has 7 nitrogen and oxygen atoms in total. The first-order valence-corrected chi connectivity index (χ1v) is 10.3. The first-order chi connectivity index (χ1) is 15.0. The van der Waals surface area contributed by atoms with Gasteiger partial charge in [-0.25, -0.2) is 4.79 Å². The lowest BCUT2D eigenvalue weighted by Gasteiger charge is -2.26. The maximum Gasteiger partial charge on any atom is 0.340 e. The van der Waals surface area contributed by atoms with Crippen LogP contribution < -0.4 is 15.7 Å². The molecule has 31 heavy (non-hydrogen) atoms. The molecule has 0 bridgehead atoms. The summed E-state index contributed by atoms with van der Waals surface area (Å²) >= 11 is 0. The largest absolute Gasteiger partial charge is 0.497 e. The number of amides is 1. The number of carbonyl (C=O) groups is 1. The summed E-state index contributed by atoms with van der Waals surface area (Å²) in [6.45, 7) is 6.08. The summed E-state index contributed by atoms with van der Waals surface area (Å²) in [5.74, 6) is 0.349. The van der Waals surface area contributed by atoms with E-state index in [0.29, 0.717) is 22.6 Å². The fourth-order valence-electron chi connectivity index (χ4n) is 3.78. The third kappa shape index (κ3) is 4.95. The predicted molar refractivity (Wildman–Crippen MR) is 119 cm³/mol. The zero-order valence-corrected chi connectivity index (χ0v) is 17.8. The molecule has 1 N–H and O–H groups in total. The molecule has 1 saturated heterocycles. The molecule has 2 aromatic carbocycles. The van der Waals surface area contributed by atoms with Crippen LogP contribution in [0.3, 0.4) is 0 Å². The molecule has 0 saturated carbocycles. The molecular formula is C24H26N2O5. The average molecular weight is 422 g/mol. The number of benzene rings is 2. The number of hydrogen-bond donors (Lipinski definition) is 1. The molecule has 0 unspecified atom stereocenters. The minimum Gasteiger partial charge on any atom is -0.497 e. The van der Waals surface area contributed by atoms with Crippen molar-refractivity contribution in [3.63, 3.8) is 0 Å². The fraction of sp³-hybridized carbons (Fsp3) is 0.333. The lowest BCUT2D eigenvalue weighted by atomic mass is 10.0. The van der Waals surface area contributed by atoms with Gasteiger partial charge in [0.1, 0.15) is 11.3 Å². The minimum atomic E-state index is -0.505. The number of carbonyl (C=O) groups excluding carboxylic acids is 1. The Hall–Kier alpha value is -3.16. The van der Waals surface area contributed by atoms with Gasteiger partial charge in [0.2, 0.25) is 5.91 Å². The van der Waals surface area contributed by atoms with E-state index in [1.165, 1.54) is 5.56 Å². The monoisotopic (exact) mass is 422 g/mol. The van der Waals surface area contributed by atoms with Gasteiger partial charge in [-0.05, 0) is 42.3 Å². The van der Waals surface area contributed by atoms with Crippen molar-refractivity contribution < 1.29 is 18.7 Å². The Bertz CT molecular complexity index is 1130. The number of nitrogens with zero attached hydrogens (tertiary/aromatic N) is 1. The van der Waals surface area contributed by atoms with E-state index in [1.54, 1.807) is 19.2 Å². The molecule has 1 amide bonds. The van der Waals surface area contributed by atoms with Crippen molar-refractivity contribution in [1.29, 1.82) is 0 Å². The molecular weight excluding hydrogens is 396 g/mol. The van der Waals surface area contributed by atoms with Crippen molar-refractivity contribution in [3.05, 3.63) is 69.6 Å². The van der Waals surface area contributed by atoms with Crippen molar-refractivity contribution in [2.45, 2.75) is 19.9 Å². The summed E-state index contributed by atoms with van der Waals surface area (Å²) in [5, 5.41) is 3.66. The first kappa shape index (κ1) is 21.1. The van der Waals surface area contributed by atoms with E-state index < -0.39 is 5.63 Å². The number of nitrogens with one attached hydrogen (secondary N) is 1. The maximum atomic E-state index is 12.6. The molecule has 1 aliphatic rings. The summed E-state index contributed by atoms with van der Waals surface area (Å²) < 4.78 is 16.0. The smallest absolute Gasteiger partial charge is 0.340 e. The van der Waals surface area contributed by atoms with Gasteiger partial charge in [0.15, 0.2) is 0 Å². The quantitative estimate of drug-likeness (QED) is 0.615. The zero-order valence-electron chi connectivity index (χ0n) is 17.8. The number of morpholine rings is 1. The van der Waals surface area contributed by atoms with Crippen molar-refractivity contribution >= 4 is 22.6 Å². The van der Waals surface area contributed by atoms with Gasteiger partial charge in [-0.15, -0.1) is 0 Å². The van der Waals surface area contributed by atoms with Gasteiger partial charge in [-0.3, -0.25) is 9.69 Å². The van der Waals surface area contributed by atoms with Crippen LogP contribution in [0.15, 0.2) is 51.7 Å². The Morgan fingerprint density at radius 1 is 1.13 bits per heavy atom. The number of ether oxygens (including phenoxy) is 2. The zero-order chi connectivity index (χ0) is 21.8. The molecule has 1 fully saturated rings. The van der Waals surface area contributed by atoms with E-state index in [9.17, 15) is 9.59 Å². The summed E-state index contributed by atoms with van der Waals surface area (Å²) in [4.78, 5) is 27.4. The van der Waals surface area contributed by atoms with E-state index in [1.807, 2.05) is 37.3 Å². The highest BCUT2D eigenvalue weighted by Crippen LogP contribution is 2.24. The SMILES string of the molecule is COc1ccc2c(C)c(CC(=O)Nc3ccc(CN4CCOCC4)cc3)c(=O)oc2c1. The number of fused-ring (bicyclic) bond motifs is 1. The summed E-state index contributed by atoms with van der Waals surface area (Å²) in [7, 11) is 1.56. The van der Waals surface area contributed by atoms with E-state index in [-0.39, 0.29) is 12.3 Å². The average Bonchev–Trinajstić information content (AvgIpc) is 2.78. The van der Waals surface area contributed by atoms with E-state index in [0.717, 1.165) is 43.8 Å². The normalized spacial score (nSPS) is 14.5. The molecule has 7 heteroatoms. The van der Waals surface area contributed by atoms with Crippen LogP contribution >= 0.6 is 0 Å². The number of hydrogen-bond acceptors (Lipinski definition) is 6. The van der Waals surface area contributed by atoms with E-state index in [2.05, 4.69) is 10.2 Å². The molecule has 4 rings (SSSR count). The van der Waals surface area contributed by atoms with E-state index in [4.69, 9.17) is 13.9 Å². The van der Waals surface area contributed by atoms with Gasteiger partial charge < -0.3 is 19.2 Å². The highest BCUT2D eigenvalue weighted by molar-refractivity contribution is 5.93. The lowest BCUT2D eigenvalue weighted by molar-refractivity contribution is -0.115. The third-order valence-electron chi connectivity index (χ3n) is 5.58. The molecule has 0 radical (unpaired) electrons. The number of anilines is 1. The van der Waals surface area contributed by atoms with Crippen LogP contribution in [-0.2, 0) is 22.5 Å². The van der Waals surface area contributed by atoms with E-state index >= 15 is 0 Å². The topological polar surface area (TPSA) is 81.0 Å². The third-order valence-corrected chi connectivity index (χ3v) is 5.58.